The fraction of sp³-hybridized carbons (Fsp3) is 0.211. The number of hydrogen-bond acceptors (Lipinski definition) is 5. The molecule has 1 aliphatic rings. The van der Waals surface area contributed by atoms with Crippen LogP contribution in [0.5, 0.6) is 0 Å². The van der Waals surface area contributed by atoms with Crippen LogP contribution in [-0.2, 0) is 4.79 Å². The fourth-order valence-corrected chi connectivity index (χ4v) is 2.99. The van der Waals surface area contributed by atoms with Gasteiger partial charge in [-0.15, -0.1) is 5.10 Å². The number of carbonyl (C=O) groups excluding carboxylic acids is 2. The van der Waals surface area contributed by atoms with Gasteiger partial charge >= 0.3 is 0 Å². The Balaban J connectivity index is 1.43. The quantitative estimate of drug-likeness (QED) is 0.681. The topological polar surface area (TPSA) is 97.9 Å². The summed E-state index contributed by atoms with van der Waals surface area (Å²) in [4.78, 5) is 27.2. The molecule has 1 saturated heterocycles. The van der Waals surface area contributed by atoms with Gasteiger partial charge in [-0.1, -0.05) is 24.8 Å². The Bertz CT molecular complexity index is 1030. The molecule has 9 heteroatoms. The monoisotopic (exact) mass is 377 g/mol. The average molecular weight is 377 g/mol. The number of likely N-dealkylation sites (tertiary alicyclic amines) is 1. The molecule has 142 valence electrons. The highest BCUT2D eigenvalue weighted by molar-refractivity contribution is 6.03. The third kappa shape index (κ3) is 3.29. The van der Waals surface area contributed by atoms with Gasteiger partial charge in [0.25, 0.3) is 5.91 Å². The van der Waals surface area contributed by atoms with Crippen molar-refractivity contribution < 1.29 is 9.59 Å². The first-order valence-electron chi connectivity index (χ1n) is 8.81. The number of amides is 2. The molecule has 0 aliphatic carbocycles. The number of anilines is 1. The number of hydrogen-bond donors (Lipinski definition) is 1. The van der Waals surface area contributed by atoms with E-state index in [0.29, 0.717) is 24.5 Å². The lowest BCUT2D eigenvalue weighted by atomic mass is 10.1. The molecule has 0 saturated carbocycles. The number of aryl methyl sites for hydroxylation is 1. The van der Waals surface area contributed by atoms with Gasteiger partial charge in [0.05, 0.1) is 29.3 Å². The van der Waals surface area contributed by atoms with Gasteiger partial charge in [-0.25, -0.2) is 0 Å². The summed E-state index contributed by atoms with van der Waals surface area (Å²) in [6.45, 7) is 6.37. The Kier molecular flexibility index (Phi) is 4.48. The van der Waals surface area contributed by atoms with Crippen LogP contribution in [0.15, 0.2) is 55.4 Å². The summed E-state index contributed by atoms with van der Waals surface area (Å²) in [7, 11) is 0. The zero-order chi connectivity index (χ0) is 19.7. The van der Waals surface area contributed by atoms with Crippen molar-refractivity contribution in [1.29, 1.82) is 0 Å². The lowest BCUT2D eigenvalue weighted by molar-refractivity contribution is -0.131. The molecule has 3 heterocycles. The number of aromatic nitrogens is 5. The van der Waals surface area contributed by atoms with E-state index in [2.05, 4.69) is 27.2 Å². The first-order valence-corrected chi connectivity index (χ1v) is 8.81. The summed E-state index contributed by atoms with van der Waals surface area (Å²) in [6, 6.07) is 9.49. The van der Waals surface area contributed by atoms with E-state index >= 15 is 0 Å². The molecule has 4 rings (SSSR count). The van der Waals surface area contributed by atoms with Crippen LogP contribution in [0.3, 0.4) is 0 Å². The third-order valence-electron chi connectivity index (χ3n) is 4.57. The molecule has 2 aromatic heterocycles. The fourth-order valence-electron chi connectivity index (χ4n) is 2.99. The molecule has 1 N–H and O–H groups in total. The summed E-state index contributed by atoms with van der Waals surface area (Å²) in [5, 5.41) is 15.7. The maximum atomic E-state index is 12.6. The van der Waals surface area contributed by atoms with Crippen molar-refractivity contribution in [3.8, 4) is 5.69 Å². The van der Waals surface area contributed by atoms with Crippen molar-refractivity contribution in [3.63, 3.8) is 0 Å². The first-order chi connectivity index (χ1) is 13.5. The van der Waals surface area contributed by atoms with Crippen LogP contribution in [0.2, 0.25) is 0 Å². The number of rotatable bonds is 5. The van der Waals surface area contributed by atoms with E-state index in [1.807, 2.05) is 30.3 Å². The van der Waals surface area contributed by atoms with Crippen molar-refractivity contribution in [3.05, 3.63) is 66.8 Å². The lowest BCUT2D eigenvalue weighted by Crippen LogP contribution is -2.50. The SMILES string of the molecule is C=CC(=O)N1CC(n2cc(NC(=O)c3nn(-c4ccccc4)nc3C)cn2)C1. The van der Waals surface area contributed by atoms with Crippen molar-refractivity contribution in [2.24, 2.45) is 0 Å². The second-order valence-electron chi connectivity index (χ2n) is 6.52. The smallest absolute Gasteiger partial charge is 0.278 e. The second kappa shape index (κ2) is 7.10. The minimum atomic E-state index is -0.351. The maximum absolute atomic E-state index is 12.6. The number of nitrogens with one attached hydrogen (secondary N) is 1. The molecular formula is C19H19N7O2. The lowest BCUT2D eigenvalue weighted by Gasteiger charge is -2.38. The van der Waals surface area contributed by atoms with Gasteiger partial charge in [0.15, 0.2) is 5.69 Å². The normalized spacial score (nSPS) is 13.8. The maximum Gasteiger partial charge on any atom is 0.278 e. The number of benzene rings is 1. The molecule has 2 amide bonds. The molecule has 0 radical (unpaired) electrons. The van der Waals surface area contributed by atoms with Gasteiger partial charge in [-0.05, 0) is 25.1 Å². The Morgan fingerprint density at radius 1 is 1.21 bits per heavy atom. The Morgan fingerprint density at radius 2 is 1.96 bits per heavy atom. The standard InChI is InChI=1S/C19H19N7O2/c1-3-17(27)24-11-16(12-24)25-10-14(9-20-25)21-19(28)18-13(2)22-26(23-18)15-7-5-4-6-8-15/h3-10,16H,1,11-12H2,2H3,(H,21,28). The molecule has 0 bridgehead atoms. The zero-order valence-electron chi connectivity index (χ0n) is 15.3. The van der Waals surface area contributed by atoms with Gasteiger partial charge in [0, 0.05) is 19.3 Å². The van der Waals surface area contributed by atoms with Gasteiger partial charge in [-0.3, -0.25) is 14.3 Å². The predicted molar refractivity (Wildman–Crippen MR) is 102 cm³/mol. The summed E-state index contributed by atoms with van der Waals surface area (Å²) in [5.74, 6) is -0.440. The molecular weight excluding hydrogens is 358 g/mol. The highest BCUT2D eigenvalue weighted by Gasteiger charge is 2.31. The van der Waals surface area contributed by atoms with Gasteiger partial charge in [-0.2, -0.15) is 15.0 Å². The first kappa shape index (κ1) is 17.7. The van der Waals surface area contributed by atoms with E-state index in [9.17, 15) is 9.59 Å². The van der Waals surface area contributed by atoms with Crippen LogP contribution < -0.4 is 5.32 Å². The van der Waals surface area contributed by atoms with Crippen molar-refractivity contribution >= 4 is 17.5 Å². The van der Waals surface area contributed by atoms with Crippen molar-refractivity contribution in [1.82, 2.24) is 29.7 Å². The molecule has 3 aromatic rings. The van der Waals surface area contributed by atoms with Gasteiger partial charge in [0.1, 0.15) is 0 Å². The molecule has 9 nitrogen and oxygen atoms in total. The molecule has 1 fully saturated rings. The van der Waals surface area contributed by atoms with Crippen LogP contribution >= 0.6 is 0 Å². The summed E-state index contributed by atoms with van der Waals surface area (Å²) in [5.41, 5.74) is 2.13. The van der Waals surface area contributed by atoms with E-state index in [1.54, 1.807) is 28.9 Å². The highest BCUT2D eigenvalue weighted by atomic mass is 16.2. The van der Waals surface area contributed by atoms with Crippen LogP contribution in [0, 0.1) is 6.92 Å². The van der Waals surface area contributed by atoms with E-state index in [4.69, 9.17) is 0 Å². The second-order valence-corrected chi connectivity index (χ2v) is 6.52. The minimum Gasteiger partial charge on any atom is -0.335 e. The molecule has 28 heavy (non-hydrogen) atoms. The van der Waals surface area contributed by atoms with Crippen LogP contribution in [-0.4, -0.2) is 54.6 Å². The van der Waals surface area contributed by atoms with Crippen molar-refractivity contribution in [2.45, 2.75) is 13.0 Å². The van der Waals surface area contributed by atoms with Gasteiger partial charge < -0.3 is 10.2 Å². The molecule has 0 atom stereocenters. The largest absolute Gasteiger partial charge is 0.335 e. The molecule has 0 spiro atoms. The van der Waals surface area contributed by atoms with Crippen molar-refractivity contribution in [2.75, 3.05) is 18.4 Å². The summed E-state index contributed by atoms with van der Waals surface area (Å²) >= 11 is 0. The van der Waals surface area contributed by atoms with E-state index in [0.717, 1.165) is 5.69 Å². The van der Waals surface area contributed by atoms with E-state index in [-0.39, 0.29) is 23.6 Å². The Hall–Kier alpha value is -3.75. The molecule has 1 aromatic carbocycles. The third-order valence-corrected chi connectivity index (χ3v) is 4.57. The highest BCUT2D eigenvalue weighted by Crippen LogP contribution is 2.22. The van der Waals surface area contributed by atoms with Crippen LogP contribution in [0.4, 0.5) is 5.69 Å². The van der Waals surface area contributed by atoms with Crippen LogP contribution in [0.1, 0.15) is 22.2 Å². The Labute approximate surface area is 161 Å². The van der Waals surface area contributed by atoms with E-state index in [1.165, 1.54) is 10.9 Å². The van der Waals surface area contributed by atoms with Gasteiger partial charge in [0.2, 0.25) is 5.91 Å². The average Bonchev–Trinajstić information content (AvgIpc) is 3.28. The number of para-hydroxylation sites is 1. The Morgan fingerprint density at radius 3 is 2.68 bits per heavy atom. The van der Waals surface area contributed by atoms with Crippen LogP contribution in [0.25, 0.3) is 5.69 Å². The van der Waals surface area contributed by atoms with E-state index < -0.39 is 0 Å². The predicted octanol–water partition coefficient (Wildman–Crippen LogP) is 1.59. The number of nitrogens with zero attached hydrogens (tertiary/aromatic N) is 6. The summed E-state index contributed by atoms with van der Waals surface area (Å²) < 4.78 is 1.75. The zero-order valence-corrected chi connectivity index (χ0v) is 15.3. The molecule has 0 unspecified atom stereocenters. The molecule has 1 aliphatic heterocycles. The minimum absolute atomic E-state index is 0.0890. The summed E-state index contributed by atoms with van der Waals surface area (Å²) in [6.07, 6.45) is 4.62. The number of carbonyl (C=O) groups is 2.